The third-order valence-corrected chi connectivity index (χ3v) is 6.74. The molecule has 1 amide bonds. The van der Waals surface area contributed by atoms with Crippen LogP contribution >= 0.6 is 0 Å². The number of ether oxygens (including phenoxy) is 1. The zero-order valence-corrected chi connectivity index (χ0v) is 17.6. The molecule has 31 heavy (non-hydrogen) atoms. The summed E-state index contributed by atoms with van der Waals surface area (Å²) in [6.45, 7) is 4.56. The van der Waals surface area contributed by atoms with E-state index in [-0.39, 0.29) is 23.8 Å². The van der Waals surface area contributed by atoms with Crippen LogP contribution in [0.2, 0.25) is 0 Å². The first-order valence-corrected chi connectivity index (χ1v) is 10.7. The lowest BCUT2D eigenvalue weighted by Crippen LogP contribution is -2.64. The normalized spacial score (nSPS) is 24.5. The van der Waals surface area contributed by atoms with Crippen molar-refractivity contribution in [2.24, 2.45) is 11.8 Å². The van der Waals surface area contributed by atoms with Crippen LogP contribution in [-0.4, -0.2) is 44.5 Å². The van der Waals surface area contributed by atoms with Crippen molar-refractivity contribution >= 4 is 5.91 Å². The molecule has 0 unspecified atom stereocenters. The lowest BCUT2D eigenvalue weighted by Gasteiger charge is -2.57. The molecule has 0 spiro atoms. The molecule has 1 saturated carbocycles. The van der Waals surface area contributed by atoms with Gasteiger partial charge in [-0.05, 0) is 68.0 Å². The molecule has 160 valence electrons. The Morgan fingerprint density at radius 3 is 2.55 bits per heavy atom. The van der Waals surface area contributed by atoms with Crippen molar-refractivity contribution in [3.8, 4) is 11.4 Å². The summed E-state index contributed by atoms with van der Waals surface area (Å²) in [5, 5.41) is 8.46. The van der Waals surface area contributed by atoms with E-state index in [1.165, 1.54) is 16.9 Å². The molecular weight excluding hydrogens is 395 g/mol. The van der Waals surface area contributed by atoms with Crippen LogP contribution in [0.5, 0.6) is 5.75 Å². The number of benzene rings is 2. The molecule has 7 heteroatoms. The molecule has 1 aromatic heterocycles. The number of nitrogens with zero attached hydrogens (tertiary/aromatic N) is 4. The predicted octanol–water partition coefficient (Wildman–Crippen LogP) is 4.03. The first-order chi connectivity index (χ1) is 15.0. The van der Waals surface area contributed by atoms with Crippen molar-refractivity contribution in [3.63, 3.8) is 0 Å². The zero-order valence-electron chi connectivity index (χ0n) is 17.6. The Morgan fingerprint density at radius 1 is 1.13 bits per heavy atom. The van der Waals surface area contributed by atoms with Crippen molar-refractivity contribution in [2.45, 2.75) is 38.8 Å². The summed E-state index contributed by atoms with van der Waals surface area (Å²) in [4.78, 5) is 17.4. The number of halogens is 1. The van der Waals surface area contributed by atoms with Crippen LogP contribution in [0.25, 0.3) is 5.69 Å². The highest BCUT2D eigenvalue weighted by Crippen LogP contribution is 2.47. The van der Waals surface area contributed by atoms with Gasteiger partial charge >= 0.3 is 0 Å². The number of piperidine rings is 2. The predicted molar refractivity (Wildman–Crippen MR) is 114 cm³/mol. The van der Waals surface area contributed by atoms with Crippen molar-refractivity contribution in [3.05, 3.63) is 71.8 Å². The Balaban J connectivity index is 1.45. The largest absolute Gasteiger partial charge is 0.491 e. The summed E-state index contributed by atoms with van der Waals surface area (Å²) in [5.74, 6) is 1.23. The molecule has 2 saturated heterocycles. The van der Waals surface area contributed by atoms with Crippen molar-refractivity contribution < 1.29 is 13.9 Å². The number of carbonyl (C=O) groups excluding carboxylic acids is 1. The number of fused-ring (bicyclic) bond motifs is 2. The van der Waals surface area contributed by atoms with E-state index >= 15 is 0 Å². The van der Waals surface area contributed by atoms with Crippen LogP contribution in [0.1, 0.15) is 35.7 Å². The second-order valence-electron chi connectivity index (χ2n) is 8.63. The number of amides is 1. The Labute approximate surface area is 180 Å². The molecule has 6 nitrogen and oxygen atoms in total. The summed E-state index contributed by atoms with van der Waals surface area (Å²) < 4.78 is 19.2. The Morgan fingerprint density at radius 2 is 1.84 bits per heavy atom. The van der Waals surface area contributed by atoms with E-state index in [1.807, 2.05) is 30.0 Å². The number of rotatable bonds is 5. The number of carbonyl (C=O) groups is 1. The molecule has 3 aromatic rings. The smallest absolute Gasteiger partial charge is 0.256 e. The summed E-state index contributed by atoms with van der Waals surface area (Å²) >= 11 is 0. The van der Waals surface area contributed by atoms with E-state index in [0.717, 1.165) is 18.4 Å². The van der Waals surface area contributed by atoms with E-state index < -0.39 is 0 Å². The van der Waals surface area contributed by atoms with E-state index in [4.69, 9.17) is 4.74 Å². The minimum absolute atomic E-state index is 0.0151. The van der Waals surface area contributed by atoms with Gasteiger partial charge in [-0.1, -0.05) is 18.6 Å². The van der Waals surface area contributed by atoms with Gasteiger partial charge < -0.3 is 9.64 Å². The van der Waals surface area contributed by atoms with Gasteiger partial charge in [0.25, 0.3) is 5.91 Å². The molecule has 1 aliphatic carbocycles. The highest BCUT2D eigenvalue weighted by atomic mass is 19.1. The van der Waals surface area contributed by atoms with Gasteiger partial charge in [0.2, 0.25) is 0 Å². The van der Waals surface area contributed by atoms with Gasteiger partial charge in [0.1, 0.15) is 18.2 Å². The van der Waals surface area contributed by atoms with Gasteiger partial charge in [-0.25, -0.2) is 4.39 Å². The fourth-order valence-corrected chi connectivity index (χ4v) is 4.86. The lowest BCUT2D eigenvalue weighted by atomic mass is 9.64. The number of aryl methyl sites for hydroxylation is 1. The summed E-state index contributed by atoms with van der Waals surface area (Å²) in [6.07, 6.45) is 5.27. The van der Waals surface area contributed by atoms with Gasteiger partial charge in [-0.2, -0.15) is 15.0 Å². The first-order valence-electron chi connectivity index (χ1n) is 10.7. The number of aromatic nitrogens is 3. The topological polar surface area (TPSA) is 60.2 Å². The average molecular weight is 420 g/mol. The van der Waals surface area contributed by atoms with Crippen LogP contribution in [0.15, 0.2) is 54.9 Å². The fraction of sp³-hybridized carbons (Fsp3) is 0.375. The number of hydrogen-bond donors (Lipinski definition) is 0. The minimum Gasteiger partial charge on any atom is -0.491 e. The molecule has 2 aliphatic heterocycles. The molecule has 3 fully saturated rings. The summed E-state index contributed by atoms with van der Waals surface area (Å²) in [7, 11) is 0. The molecule has 0 N–H and O–H groups in total. The zero-order chi connectivity index (χ0) is 21.5. The standard InChI is InChI=1S/C24H25FN4O2/c1-15-3-8-22(29-26-9-10-27-29)21(11-15)24(30)28-19-12-17(13-19)16(2)23(28)14-31-20-6-4-18(25)5-7-20/h3-11,16-17,19,23H,12-14H2,1-2H3/t16-,17?,19?,23+/m0/s1. The highest BCUT2D eigenvalue weighted by Gasteiger charge is 2.51. The maximum absolute atomic E-state index is 13.9. The molecule has 3 aliphatic rings. The van der Waals surface area contributed by atoms with E-state index in [2.05, 4.69) is 17.1 Å². The van der Waals surface area contributed by atoms with Gasteiger partial charge in [0.15, 0.2) is 0 Å². The lowest BCUT2D eigenvalue weighted by molar-refractivity contribution is -0.0670. The van der Waals surface area contributed by atoms with Gasteiger partial charge in [0, 0.05) is 6.04 Å². The first kappa shape index (κ1) is 19.7. The summed E-state index contributed by atoms with van der Waals surface area (Å²) in [5.41, 5.74) is 2.28. The van der Waals surface area contributed by atoms with Crippen LogP contribution < -0.4 is 4.74 Å². The third-order valence-electron chi connectivity index (χ3n) is 6.74. The van der Waals surface area contributed by atoms with Crippen LogP contribution in [0.3, 0.4) is 0 Å². The molecule has 2 bridgehead atoms. The highest BCUT2D eigenvalue weighted by molar-refractivity contribution is 5.98. The molecule has 2 atom stereocenters. The third kappa shape index (κ3) is 3.58. The van der Waals surface area contributed by atoms with Crippen LogP contribution in [0.4, 0.5) is 4.39 Å². The van der Waals surface area contributed by atoms with E-state index in [0.29, 0.717) is 35.4 Å². The Bertz CT molecular complexity index is 1080. The minimum atomic E-state index is -0.296. The molecular formula is C24H25FN4O2. The van der Waals surface area contributed by atoms with E-state index in [9.17, 15) is 9.18 Å². The SMILES string of the molecule is Cc1ccc(-n2nccn2)c(C(=O)N2C3CC(C3)[C@H](C)[C@H]2COc2ccc(F)cc2)c1. The van der Waals surface area contributed by atoms with Crippen molar-refractivity contribution in [2.75, 3.05) is 6.61 Å². The molecule has 0 radical (unpaired) electrons. The summed E-state index contributed by atoms with van der Waals surface area (Å²) in [6, 6.07) is 12.0. The second-order valence-corrected chi connectivity index (χ2v) is 8.63. The van der Waals surface area contributed by atoms with E-state index in [1.54, 1.807) is 24.5 Å². The van der Waals surface area contributed by atoms with Gasteiger partial charge in [-0.3, -0.25) is 4.79 Å². The molecule has 6 rings (SSSR count). The maximum Gasteiger partial charge on any atom is 0.256 e. The monoisotopic (exact) mass is 420 g/mol. The second kappa shape index (κ2) is 7.80. The van der Waals surface area contributed by atoms with Crippen LogP contribution in [0, 0.1) is 24.6 Å². The average Bonchev–Trinajstić information content (AvgIpc) is 3.27. The van der Waals surface area contributed by atoms with Crippen molar-refractivity contribution in [1.29, 1.82) is 0 Å². The Hall–Kier alpha value is -3.22. The van der Waals surface area contributed by atoms with Crippen LogP contribution in [-0.2, 0) is 0 Å². The fourth-order valence-electron chi connectivity index (χ4n) is 4.86. The van der Waals surface area contributed by atoms with Crippen molar-refractivity contribution in [1.82, 2.24) is 19.9 Å². The van der Waals surface area contributed by atoms with Gasteiger partial charge in [-0.15, -0.1) is 0 Å². The number of hydrogen-bond acceptors (Lipinski definition) is 4. The Kier molecular flexibility index (Phi) is 4.96. The molecule has 3 heterocycles. The maximum atomic E-state index is 13.9. The quantitative estimate of drug-likeness (QED) is 0.625. The van der Waals surface area contributed by atoms with Gasteiger partial charge in [0.05, 0.1) is 29.7 Å². The molecule has 2 aromatic carbocycles.